The summed E-state index contributed by atoms with van der Waals surface area (Å²) in [5.74, 6) is 0. The van der Waals surface area contributed by atoms with E-state index in [1.54, 1.807) is 0 Å². The van der Waals surface area contributed by atoms with Gasteiger partial charge in [-0.05, 0) is 56.7 Å². The van der Waals surface area contributed by atoms with E-state index in [1.165, 1.54) is 11.4 Å². The van der Waals surface area contributed by atoms with Crippen molar-refractivity contribution in [2.75, 3.05) is 54.4 Å². The van der Waals surface area contributed by atoms with E-state index in [0.717, 1.165) is 50.5 Å². The number of nitrogens with zero attached hydrogens (tertiary/aromatic N) is 3. The molecule has 1 saturated heterocycles. The first kappa shape index (κ1) is 19.1. The summed E-state index contributed by atoms with van der Waals surface area (Å²) in [6.45, 7) is 11.5. The summed E-state index contributed by atoms with van der Waals surface area (Å²) in [4.78, 5) is 19.2. The number of urea groups is 1. The highest BCUT2D eigenvalue weighted by molar-refractivity contribution is 5.90. The second kappa shape index (κ2) is 8.80. The van der Waals surface area contributed by atoms with Crippen LogP contribution in [-0.4, -0.2) is 50.2 Å². The van der Waals surface area contributed by atoms with E-state index in [2.05, 4.69) is 72.3 Å². The molecule has 0 radical (unpaired) electrons. The molecule has 1 N–H and O–H groups in total. The third kappa shape index (κ3) is 4.54. The van der Waals surface area contributed by atoms with Crippen LogP contribution in [0.25, 0.3) is 0 Å². The Hall–Kier alpha value is -2.69. The molecule has 1 aliphatic heterocycles. The standard InChI is InChI=1S/C22H30N4O/c1-4-24(5-2)20-11-12-21(18(3)17-20)23-22(27)26-15-13-25(14-16-26)19-9-7-6-8-10-19/h6-12,17H,4-5,13-16H2,1-3H3,(H,23,27). The topological polar surface area (TPSA) is 38.8 Å². The first-order chi connectivity index (χ1) is 13.1. The highest BCUT2D eigenvalue weighted by atomic mass is 16.2. The Morgan fingerprint density at radius 1 is 1.00 bits per heavy atom. The van der Waals surface area contributed by atoms with Gasteiger partial charge in [0.2, 0.25) is 0 Å². The van der Waals surface area contributed by atoms with Crippen molar-refractivity contribution in [1.29, 1.82) is 0 Å². The van der Waals surface area contributed by atoms with Gasteiger partial charge in [-0.15, -0.1) is 0 Å². The van der Waals surface area contributed by atoms with Gasteiger partial charge in [0.15, 0.2) is 0 Å². The van der Waals surface area contributed by atoms with Gasteiger partial charge in [0.25, 0.3) is 0 Å². The molecular formula is C22H30N4O. The van der Waals surface area contributed by atoms with Crippen LogP contribution in [0.2, 0.25) is 0 Å². The van der Waals surface area contributed by atoms with Crippen LogP contribution < -0.4 is 15.1 Å². The number of carbonyl (C=O) groups is 1. The van der Waals surface area contributed by atoms with Crippen molar-refractivity contribution < 1.29 is 4.79 Å². The number of anilines is 3. The Morgan fingerprint density at radius 2 is 1.67 bits per heavy atom. The fraction of sp³-hybridized carbons (Fsp3) is 0.409. The number of benzene rings is 2. The molecule has 0 saturated carbocycles. The predicted octanol–water partition coefficient (Wildman–Crippen LogP) is 4.20. The summed E-state index contributed by atoms with van der Waals surface area (Å²) in [7, 11) is 0. The minimum absolute atomic E-state index is 0.0126. The SMILES string of the molecule is CCN(CC)c1ccc(NC(=O)N2CCN(c3ccccc3)CC2)c(C)c1. The van der Waals surface area contributed by atoms with Gasteiger partial charge in [-0.2, -0.15) is 0 Å². The van der Waals surface area contributed by atoms with Crippen LogP contribution in [0.15, 0.2) is 48.5 Å². The molecule has 27 heavy (non-hydrogen) atoms. The average molecular weight is 367 g/mol. The predicted molar refractivity (Wildman–Crippen MR) is 114 cm³/mol. The van der Waals surface area contributed by atoms with Crippen molar-refractivity contribution >= 4 is 23.1 Å². The fourth-order valence-electron chi connectivity index (χ4n) is 3.57. The van der Waals surface area contributed by atoms with Gasteiger partial charge in [-0.3, -0.25) is 0 Å². The van der Waals surface area contributed by atoms with Crippen molar-refractivity contribution in [1.82, 2.24) is 4.90 Å². The van der Waals surface area contributed by atoms with Crippen LogP contribution in [0.1, 0.15) is 19.4 Å². The van der Waals surface area contributed by atoms with E-state index in [-0.39, 0.29) is 6.03 Å². The summed E-state index contributed by atoms with van der Waals surface area (Å²) < 4.78 is 0. The molecule has 5 nitrogen and oxygen atoms in total. The quantitative estimate of drug-likeness (QED) is 0.862. The molecule has 0 atom stereocenters. The first-order valence-corrected chi connectivity index (χ1v) is 9.84. The monoisotopic (exact) mass is 366 g/mol. The zero-order valence-electron chi connectivity index (χ0n) is 16.6. The number of carbonyl (C=O) groups excluding carboxylic acids is 1. The molecule has 2 amide bonds. The molecule has 2 aromatic rings. The molecule has 0 spiro atoms. The molecule has 1 heterocycles. The summed E-state index contributed by atoms with van der Waals surface area (Å²) in [5.41, 5.74) is 4.41. The van der Waals surface area contributed by atoms with Crippen LogP contribution in [0.5, 0.6) is 0 Å². The smallest absolute Gasteiger partial charge is 0.321 e. The Balaban J connectivity index is 1.58. The average Bonchev–Trinajstić information content (AvgIpc) is 2.71. The second-order valence-corrected chi connectivity index (χ2v) is 6.91. The number of hydrogen-bond donors (Lipinski definition) is 1. The molecule has 3 rings (SSSR count). The molecule has 0 aliphatic carbocycles. The summed E-state index contributed by atoms with van der Waals surface area (Å²) in [6, 6.07) is 16.6. The van der Waals surface area contributed by atoms with Crippen LogP contribution in [-0.2, 0) is 0 Å². The summed E-state index contributed by atoms with van der Waals surface area (Å²) in [5, 5.41) is 3.09. The molecule has 1 fully saturated rings. The lowest BCUT2D eigenvalue weighted by molar-refractivity contribution is 0.208. The highest BCUT2D eigenvalue weighted by Gasteiger charge is 2.21. The van der Waals surface area contributed by atoms with Crippen molar-refractivity contribution in [3.8, 4) is 0 Å². The first-order valence-electron chi connectivity index (χ1n) is 9.84. The fourth-order valence-corrected chi connectivity index (χ4v) is 3.57. The van der Waals surface area contributed by atoms with Crippen LogP contribution >= 0.6 is 0 Å². The van der Waals surface area contributed by atoms with E-state index in [9.17, 15) is 4.79 Å². The Kier molecular flexibility index (Phi) is 6.22. The van der Waals surface area contributed by atoms with E-state index in [0.29, 0.717) is 0 Å². The largest absolute Gasteiger partial charge is 0.372 e. The maximum atomic E-state index is 12.7. The molecular weight excluding hydrogens is 336 g/mol. The van der Waals surface area contributed by atoms with Crippen LogP contribution in [0, 0.1) is 6.92 Å². The van der Waals surface area contributed by atoms with Crippen molar-refractivity contribution in [3.63, 3.8) is 0 Å². The molecule has 0 bridgehead atoms. The Morgan fingerprint density at radius 3 is 2.26 bits per heavy atom. The van der Waals surface area contributed by atoms with Gasteiger partial charge < -0.3 is 20.0 Å². The third-order valence-electron chi connectivity index (χ3n) is 5.27. The van der Waals surface area contributed by atoms with E-state index < -0.39 is 0 Å². The lowest BCUT2D eigenvalue weighted by Crippen LogP contribution is -2.50. The summed E-state index contributed by atoms with van der Waals surface area (Å²) >= 11 is 0. The minimum atomic E-state index is -0.0126. The van der Waals surface area contributed by atoms with Crippen LogP contribution in [0.4, 0.5) is 21.9 Å². The minimum Gasteiger partial charge on any atom is -0.372 e. The van der Waals surface area contributed by atoms with Gasteiger partial charge in [-0.1, -0.05) is 18.2 Å². The van der Waals surface area contributed by atoms with Crippen molar-refractivity contribution in [2.24, 2.45) is 0 Å². The van der Waals surface area contributed by atoms with Gasteiger partial charge in [0, 0.05) is 56.3 Å². The number of rotatable bonds is 5. The van der Waals surface area contributed by atoms with E-state index in [1.807, 2.05) is 17.0 Å². The third-order valence-corrected chi connectivity index (χ3v) is 5.27. The van der Waals surface area contributed by atoms with Gasteiger partial charge >= 0.3 is 6.03 Å². The zero-order valence-corrected chi connectivity index (χ0v) is 16.6. The number of piperazine rings is 1. The number of nitrogens with one attached hydrogen (secondary N) is 1. The van der Waals surface area contributed by atoms with E-state index in [4.69, 9.17) is 0 Å². The Labute approximate surface area is 162 Å². The molecule has 2 aromatic carbocycles. The van der Waals surface area contributed by atoms with Gasteiger partial charge in [-0.25, -0.2) is 4.79 Å². The molecule has 1 aliphatic rings. The van der Waals surface area contributed by atoms with Crippen molar-refractivity contribution in [3.05, 3.63) is 54.1 Å². The number of amides is 2. The van der Waals surface area contributed by atoms with Crippen LogP contribution in [0.3, 0.4) is 0 Å². The zero-order chi connectivity index (χ0) is 19.2. The second-order valence-electron chi connectivity index (χ2n) is 6.91. The number of aryl methyl sites for hydroxylation is 1. The molecule has 0 unspecified atom stereocenters. The highest BCUT2D eigenvalue weighted by Crippen LogP contribution is 2.23. The summed E-state index contributed by atoms with van der Waals surface area (Å²) in [6.07, 6.45) is 0. The number of hydrogen-bond acceptors (Lipinski definition) is 3. The maximum Gasteiger partial charge on any atom is 0.321 e. The normalized spacial score (nSPS) is 14.2. The van der Waals surface area contributed by atoms with Gasteiger partial charge in [0.05, 0.1) is 0 Å². The lowest BCUT2D eigenvalue weighted by atomic mass is 10.1. The maximum absolute atomic E-state index is 12.7. The van der Waals surface area contributed by atoms with E-state index >= 15 is 0 Å². The number of para-hydroxylation sites is 1. The molecule has 0 aromatic heterocycles. The molecule has 5 heteroatoms. The van der Waals surface area contributed by atoms with Gasteiger partial charge in [0.1, 0.15) is 0 Å². The lowest BCUT2D eigenvalue weighted by Gasteiger charge is -2.36. The molecule has 144 valence electrons. The Bertz CT molecular complexity index is 750. The van der Waals surface area contributed by atoms with Crippen molar-refractivity contribution in [2.45, 2.75) is 20.8 Å².